The summed E-state index contributed by atoms with van der Waals surface area (Å²) in [6, 6.07) is 5.88. The molecule has 0 amide bonds. The lowest BCUT2D eigenvalue weighted by atomic mass is 9.74. The number of rotatable bonds is 6. The topological polar surface area (TPSA) is 99.2 Å². The minimum absolute atomic E-state index is 0.139. The van der Waals surface area contributed by atoms with Crippen molar-refractivity contribution in [2.45, 2.75) is 51.0 Å². The van der Waals surface area contributed by atoms with Gasteiger partial charge in [-0.3, -0.25) is 14.6 Å². The van der Waals surface area contributed by atoms with Gasteiger partial charge in [-0.25, -0.2) is 0 Å². The monoisotopic (exact) mass is 466 g/mol. The molecule has 1 spiro atoms. The van der Waals surface area contributed by atoms with E-state index in [0.29, 0.717) is 30.1 Å². The molecule has 0 unspecified atom stereocenters. The van der Waals surface area contributed by atoms with Gasteiger partial charge >= 0.3 is 0 Å². The maximum absolute atomic E-state index is 13.3. The van der Waals surface area contributed by atoms with Crippen molar-refractivity contribution >= 4 is 39.7 Å². The number of pyridine rings is 2. The summed E-state index contributed by atoms with van der Waals surface area (Å²) in [5, 5.41) is 3.92. The molecule has 8 heteroatoms. The van der Waals surface area contributed by atoms with Gasteiger partial charge < -0.3 is 20.4 Å². The number of anilines is 2. The lowest BCUT2D eigenvalue weighted by Crippen LogP contribution is -2.42. The minimum atomic E-state index is -0.393. The smallest absolute Gasteiger partial charge is 0.202 e. The van der Waals surface area contributed by atoms with Gasteiger partial charge in [0.05, 0.1) is 33.8 Å². The first kappa shape index (κ1) is 21.8. The highest BCUT2D eigenvalue weighted by Crippen LogP contribution is 2.51. The summed E-state index contributed by atoms with van der Waals surface area (Å²) < 4.78 is 8.31. The summed E-state index contributed by atoms with van der Waals surface area (Å²) >= 11 is 6.69. The van der Waals surface area contributed by atoms with E-state index in [0.717, 1.165) is 44.2 Å². The van der Waals surface area contributed by atoms with E-state index in [1.54, 1.807) is 12.4 Å². The average Bonchev–Trinajstić information content (AvgIpc) is 2.95. The first-order valence-corrected chi connectivity index (χ1v) is 11.8. The number of hydrogen-bond donors (Lipinski definition) is 2. The van der Waals surface area contributed by atoms with E-state index in [1.165, 1.54) is 6.92 Å². The normalized spacial score (nSPS) is 16.2. The molecular weight excluding hydrogens is 440 g/mol. The quantitative estimate of drug-likeness (QED) is 0.314. The Kier molecular flexibility index (Phi) is 5.52. The lowest BCUT2D eigenvalue weighted by Gasteiger charge is -2.44. The van der Waals surface area contributed by atoms with Crippen molar-refractivity contribution in [3.8, 4) is 5.75 Å². The number of nitrogens with one attached hydrogen (secondary N) is 1. The number of ether oxygens (including phenoxy) is 1. The number of ketones is 1. The number of halogens is 1. The van der Waals surface area contributed by atoms with Crippen LogP contribution < -0.4 is 21.2 Å². The Bertz CT molecular complexity index is 1300. The Hall–Kier alpha value is -3.06. The van der Waals surface area contributed by atoms with Crippen LogP contribution in [0.25, 0.3) is 10.9 Å². The zero-order valence-corrected chi connectivity index (χ0v) is 19.4. The second kappa shape index (κ2) is 8.37. The number of nitrogens with two attached hydrogens (primary N) is 1. The summed E-state index contributed by atoms with van der Waals surface area (Å²) in [5.41, 5.74) is 8.46. The van der Waals surface area contributed by atoms with Gasteiger partial charge in [0.2, 0.25) is 5.43 Å². The highest BCUT2D eigenvalue weighted by molar-refractivity contribution is 6.38. The standard InChI is InChI=1S/C25H27ClN4O3/c1-15(31)17-14-30-22-18(23(17)32)20(27)19(26)21(24(22)33-13-10-25(30)8-5-9-25)29-12-4-7-16-6-2-3-11-28-16/h2-3,6,11,14,29H,4-5,7-10,12-13,27H2,1H3. The van der Waals surface area contributed by atoms with Crippen molar-refractivity contribution < 1.29 is 9.53 Å². The van der Waals surface area contributed by atoms with Gasteiger partial charge in [0.25, 0.3) is 0 Å². The fraction of sp³-hybridized carbons (Fsp3) is 0.400. The fourth-order valence-corrected chi connectivity index (χ4v) is 5.29. The number of aromatic nitrogens is 2. The Morgan fingerprint density at radius 3 is 2.82 bits per heavy atom. The van der Waals surface area contributed by atoms with Crippen molar-refractivity contribution in [1.29, 1.82) is 0 Å². The highest BCUT2D eigenvalue weighted by atomic mass is 35.5. The van der Waals surface area contributed by atoms with Crippen molar-refractivity contribution in [3.05, 3.63) is 57.1 Å². The number of nitrogens with zero attached hydrogens (tertiary/aromatic N) is 2. The molecular formula is C25H27ClN4O3. The molecule has 2 aliphatic rings. The molecule has 3 aromatic rings. The van der Waals surface area contributed by atoms with Crippen molar-refractivity contribution in [2.75, 3.05) is 24.2 Å². The largest absolute Gasteiger partial charge is 0.489 e. The highest BCUT2D eigenvalue weighted by Gasteiger charge is 2.42. The molecule has 3 heterocycles. The molecule has 1 aliphatic heterocycles. The molecule has 1 aromatic carbocycles. The first-order valence-electron chi connectivity index (χ1n) is 11.4. The first-order chi connectivity index (χ1) is 15.9. The van der Waals surface area contributed by atoms with E-state index in [4.69, 9.17) is 22.1 Å². The number of aryl methyl sites for hydroxylation is 1. The predicted molar refractivity (Wildman–Crippen MR) is 131 cm³/mol. The van der Waals surface area contributed by atoms with Crippen LogP contribution in [0, 0.1) is 0 Å². The second-order valence-electron chi connectivity index (χ2n) is 8.98. The lowest BCUT2D eigenvalue weighted by molar-refractivity contribution is 0.100. The number of carbonyl (C=O) groups is 1. The van der Waals surface area contributed by atoms with Crippen LogP contribution in [0.1, 0.15) is 55.1 Å². The maximum Gasteiger partial charge on any atom is 0.202 e. The molecule has 33 heavy (non-hydrogen) atoms. The Labute approximate surface area is 196 Å². The number of benzene rings is 1. The zero-order chi connectivity index (χ0) is 23.2. The van der Waals surface area contributed by atoms with E-state index < -0.39 is 5.43 Å². The molecule has 0 radical (unpaired) electrons. The summed E-state index contributed by atoms with van der Waals surface area (Å²) in [7, 11) is 0. The van der Waals surface area contributed by atoms with Crippen LogP contribution in [-0.4, -0.2) is 28.5 Å². The van der Waals surface area contributed by atoms with Crippen LogP contribution in [0.3, 0.4) is 0 Å². The maximum atomic E-state index is 13.3. The molecule has 172 valence electrons. The van der Waals surface area contributed by atoms with E-state index in [-0.39, 0.29) is 33.0 Å². The van der Waals surface area contributed by atoms with Crippen LogP contribution in [0.4, 0.5) is 11.4 Å². The van der Waals surface area contributed by atoms with E-state index in [2.05, 4.69) is 14.9 Å². The summed E-state index contributed by atoms with van der Waals surface area (Å²) in [6.45, 7) is 2.55. The van der Waals surface area contributed by atoms with Crippen LogP contribution in [0.2, 0.25) is 5.02 Å². The van der Waals surface area contributed by atoms with Crippen molar-refractivity contribution in [3.63, 3.8) is 0 Å². The van der Waals surface area contributed by atoms with Crippen molar-refractivity contribution in [2.24, 2.45) is 0 Å². The van der Waals surface area contributed by atoms with Crippen LogP contribution in [0.5, 0.6) is 5.75 Å². The summed E-state index contributed by atoms with van der Waals surface area (Å²) in [5.74, 6) is 0.261. The van der Waals surface area contributed by atoms with Gasteiger partial charge in [-0.05, 0) is 51.2 Å². The van der Waals surface area contributed by atoms with Gasteiger partial charge in [0.1, 0.15) is 5.69 Å². The van der Waals surface area contributed by atoms with Gasteiger partial charge in [-0.2, -0.15) is 0 Å². The predicted octanol–water partition coefficient (Wildman–Crippen LogP) is 4.54. The fourth-order valence-electron chi connectivity index (χ4n) is 5.04. The molecule has 0 atom stereocenters. The third kappa shape index (κ3) is 3.55. The van der Waals surface area contributed by atoms with Gasteiger partial charge in [-0.15, -0.1) is 0 Å². The van der Waals surface area contributed by atoms with E-state index in [9.17, 15) is 9.59 Å². The van der Waals surface area contributed by atoms with E-state index in [1.807, 2.05) is 18.2 Å². The molecule has 2 aromatic heterocycles. The molecule has 1 saturated carbocycles. The van der Waals surface area contributed by atoms with Crippen molar-refractivity contribution in [1.82, 2.24) is 9.55 Å². The number of carbonyl (C=O) groups excluding carboxylic acids is 1. The molecule has 5 rings (SSSR count). The van der Waals surface area contributed by atoms with Gasteiger partial charge in [-0.1, -0.05) is 17.7 Å². The third-order valence-corrected chi connectivity index (χ3v) is 7.39. The van der Waals surface area contributed by atoms with Gasteiger partial charge in [0, 0.05) is 36.6 Å². The molecule has 7 nitrogen and oxygen atoms in total. The van der Waals surface area contributed by atoms with Crippen LogP contribution >= 0.6 is 11.6 Å². The summed E-state index contributed by atoms with van der Waals surface area (Å²) in [4.78, 5) is 30.0. The molecule has 0 bridgehead atoms. The molecule has 1 fully saturated rings. The van der Waals surface area contributed by atoms with Gasteiger partial charge in [0.15, 0.2) is 11.5 Å². The zero-order valence-electron chi connectivity index (χ0n) is 18.6. The number of Topliss-reactive ketones (excluding diaryl/α,β-unsaturated/α-hetero) is 1. The average molecular weight is 467 g/mol. The number of hydrogen-bond acceptors (Lipinski definition) is 6. The molecule has 3 N–H and O–H groups in total. The minimum Gasteiger partial charge on any atom is -0.489 e. The number of fused-ring (bicyclic) bond motifs is 1. The SMILES string of the molecule is CC(=O)c1cn2c3c(c(NCCCc4ccccn4)c(Cl)c(N)c3c1=O)OCCC21CCC1. The number of nitrogen functional groups attached to an aromatic ring is 1. The second-order valence-corrected chi connectivity index (χ2v) is 9.36. The Morgan fingerprint density at radius 1 is 1.33 bits per heavy atom. The Balaban J connectivity index is 1.61. The van der Waals surface area contributed by atoms with Crippen LogP contribution in [-0.2, 0) is 12.0 Å². The summed E-state index contributed by atoms with van der Waals surface area (Å²) in [6.07, 6.45) is 9.00. The van der Waals surface area contributed by atoms with E-state index >= 15 is 0 Å². The molecule has 0 saturated heterocycles. The Morgan fingerprint density at radius 2 is 2.15 bits per heavy atom. The third-order valence-electron chi connectivity index (χ3n) is 7.00. The van der Waals surface area contributed by atoms with Crippen LogP contribution in [0.15, 0.2) is 35.4 Å². The molecule has 1 aliphatic carbocycles.